The maximum Gasteiger partial charge on any atom is 0.257 e. The molecule has 10 heteroatoms. The van der Waals surface area contributed by atoms with E-state index in [1.807, 2.05) is 47.1 Å². The molecule has 2 aromatic carbocycles. The average Bonchev–Trinajstić information content (AvgIpc) is 3.77. The van der Waals surface area contributed by atoms with Crippen molar-refractivity contribution in [2.24, 2.45) is 4.99 Å². The minimum absolute atomic E-state index is 0.0502. The largest absolute Gasteiger partial charge is 0.381 e. The first kappa shape index (κ1) is 27.2. The van der Waals surface area contributed by atoms with E-state index in [2.05, 4.69) is 20.7 Å². The van der Waals surface area contributed by atoms with Crippen LogP contribution < -0.4 is 10.6 Å². The Morgan fingerprint density at radius 2 is 1.74 bits per heavy atom. The van der Waals surface area contributed by atoms with Gasteiger partial charge in [0.25, 0.3) is 5.91 Å². The fraction of sp³-hybridized carbons (Fsp3) is 0.303. The highest BCUT2D eigenvalue weighted by atomic mass is 19.1. The average molecular weight is 579 g/mol. The number of anilines is 1. The van der Waals surface area contributed by atoms with Crippen molar-refractivity contribution in [2.45, 2.75) is 50.4 Å². The number of rotatable bonds is 7. The minimum atomic E-state index is -1.21. The van der Waals surface area contributed by atoms with Gasteiger partial charge < -0.3 is 15.4 Å². The Balaban J connectivity index is 1.24. The summed E-state index contributed by atoms with van der Waals surface area (Å²) in [5, 5.41) is 10.9. The smallest absolute Gasteiger partial charge is 0.257 e. The zero-order valence-electron chi connectivity index (χ0n) is 23.5. The zero-order valence-corrected chi connectivity index (χ0v) is 23.5. The molecule has 2 N–H and O–H groups in total. The van der Waals surface area contributed by atoms with Crippen LogP contribution in [0, 0.1) is 5.82 Å². The molecule has 1 aliphatic carbocycles. The molecule has 0 radical (unpaired) electrons. The number of aromatic nitrogens is 3. The van der Waals surface area contributed by atoms with Gasteiger partial charge in [-0.25, -0.2) is 9.37 Å². The van der Waals surface area contributed by atoms with E-state index in [0.29, 0.717) is 41.8 Å². The zero-order chi connectivity index (χ0) is 29.3. The van der Waals surface area contributed by atoms with Crippen LogP contribution in [0.25, 0.3) is 11.3 Å². The Hall–Kier alpha value is -4.70. The van der Waals surface area contributed by atoms with Crippen LogP contribution in [-0.4, -0.2) is 57.6 Å². The molecule has 0 unspecified atom stereocenters. The summed E-state index contributed by atoms with van der Waals surface area (Å²) in [5.41, 5.74) is 3.66. The van der Waals surface area contributed by atoms with Gasteiger partial charge in [-0.3, -0.25) is 19.3 Å². The molecule has 1 saturated heterocycles. The van der Waals surface area contributed by atoms with Gasteiger partial charge in [-0.1, -0.05) is 42.5 Å². The highest BCUT2D eigenvalue weighted by Crippen LogP contribution is 2.32. The topological polar surface area (TPSA) is 110 Å². The Morgan fingerprint density at radius 3 is 2.49 bits per heavy atom. The predicted molar refractivity (Wildman–Crippen MR) is 160 cm³/mol. The van der Waals surface area contributed by atoms with Crippen LogP contribution in [0.15, 0.2) is 78.0 Å². The van der Waals surface area contributed by atoms with Gasteiger partial charge in [-0.05, 0) is 43.9 Å². The van der Waals surface area contributed by atoms with Crippen molar-refractivity contribution < 1.29 is 18.7 Å². The van der Waals surface area contributed by atoms with E-state index in [9.17, 15) is 14.0 Å². The third kappa shape index (κ3) is 5.58. The SMILES string of the molecule is O=C(N[C@H]1N=C(c2ccccc2)c2cccc(F)c2CC1=O)c1cnn(C2CCOCC2)c1-c1ccc(NC2CC2)nc1. The molecule has 2 fully saturated rings. The number of carbonyl (C=O) groups excluding carboxylic acids is 2. The van der Waals surface area contributed by atoms with Gasteiger partial charge in [0, 0.05) is 54.1 Å². The van der Waals surface area contributed by atoms with Gasteiger partial charge >= 0.3 is 0 Å². The number of halogens is 1. The Kier molecular flexibility index (Phi) is 7.28. The number of fused-ring (bicyclic) bond motifs is 1. The van der Waals surface area contributed by atoms with Gasteiger partial charge in [-0.15, -0.1) is 0 Å². The van der Waals surface area contributed by atoms with Crippen LogP contribution in [0.3, 0.4) is 0 Å². The summed E-state index contributed by atoms with van der Waals surface area (Å²) in [4.78, 5) is 36.7. The molecule has 4 aromatic rings. The fourth-order valence-electron chi connectivity index (χ4n) is 5.72. The van der Waals surface area contributed by atoms with Gasteiger partial charge in [0.15, 0.2) is 11.9 Å². The van der Waals surface area contributed by atoms with Gasteiger partial charge in [-0.2, -0.15) is 5.10 Å². The predicted octanol–water partition coefficient (Wildman–Crippen LogP) is 4.73. The van der Waals surface area contributed by atoms with Crippen LogP contribution >= 0.6 is 0 Å². The number of hydrogen-bond acceptors (Lipinski definition) is 7. The second-order valence-corrected chi connectivity index (χ2v) is 11.2. The fourth-order valence-corrected chi connectivity index (χ4v) is 5.72. The van der Waals surface area contributed by atoms with E-state index in [1.54, 1.807) is 18.3 Å². The number of nitrogens with zero attached hydrogens (tertiary/aromatic N) is 4. The number of hydrogen-bond donors (Lipinski definition) is 2. The molecular formula is C33H31FN6O3. The highest BCUT2D eigenvalue weighted by molar-refractivity contribution is 6.16. The summed E-state index contributed by atoms with van der Waals surface area (Å²) < 4.78 is 22.4. The van der Waals surface area contributed by atoms with Crippen molar-refractivity contribution in [3.63, 3.8) is 0 Å². The number of pyridine rings is 1. The third-order valence-electron chi connectivity index (χ3n) is 8.15. The molecule has 1 amide bonds. The van der Waals surface area contributed by atoms with E-state index in [0.717, 1.165) is 42.6 Å². The van der Waals surface area contributed by atoms with Crippen molar-refractivity contribution in [2.75, 3.05) is 18.5 Å². The van der Waals surface area contributed by atoms with E-state index >= 15 is 0 Å². The van der Waals surface area contributed by atoms with Crippen molar-refractivity contribution in [1.82, 2.24) is 20.1 Å². The second kappa shape index (κ2) is 11.5. The summed E-state index contributed by atoms with van der Waals surface area (Å²) in [6.45, 7) is 1.22. The molecule has 4 heterocycles. The summed E-state index contributed by atoms with van der Waals surface area (Å²) in [7, 11) is 0. The highest BCUT2D eigenvalue weighted by Gasteiger charge is 2.32. The summed E-state index contributed by atoms with van der Waals surface area (Å²) in [6.07, 6.45) is 5.68. The first-order valence-electron chi connectivity index (χ1n) is 14.7. The van der Waals surface area contributed by atoms with E-state index < -0.39 is 23.7 Å². The number of benzene rings is 2. The minimum Gasteiger partial charge on any atom is -0.381 e. The standard InChI is InChI=1S/C33H31FN6O3/c34-27-8-4-7-24-25(27)17-28(41)32(38-30(24)20-5-2-1-3-6-20)39-33(42)26-19-36-40(23-13-15-43-16-14-23)31(26)21-9-12-29(35-18-21)37-22-10-11-22/h1-9,12,18-19,22-23,32H,10-11,13-17H2,(H,35,37)(H,39,42)/t32-/m1/s1. The second-order valence-electron chi connectivity index (χ2n) is 11.2. The van der Waals surface area contributed by atoms with Crippen LogP contribution in [0.5, 0.6) is 0 Å². The summed E-state index contributed by atoms with van der Waals surface area (Å²) in [6, 6.07) is 18.3. The van der Waals surface area contributed by atoms with Crippen LogP contribution in [-0.2, 0) is 16.0 Å². The quantitative estimate of drug-likeness (QED) is 0.328. The molecule has 2 aliphatic heterocycles. The molecule has 0 bridgehead atoms. The Labute approximate surface area is 248 Å². The lowest BCUT2D eigenvalue weighted by molar-refractivity contribution is -0.120. The summed E-state index contributed by atoms with van der Waals surface area (Å²) in [5.74, 6) is -0.586. The van der Waals surface area contributed by atoms with Crippen LogP contribution in [0.4, 0.5) is 10.2 Å². The number of ether oxygens (including phenoxy) is 1. The van der Waals surface area contributed by atoms with E-state index in [4.69, 9.17) is 9.73 Å². The number of ketones is 1. The molecular weight excluding hydrogens is 547 g/mol. The number of amides is 1. The van der Waals surface area contributed by atoms with Crippen molar-refractivity contribution in [3.05, 3.63) is 101 Å². The third-order valence-corrected chi connectivity index (χ3v) is 8.15. The molecule has 1 saturated carbocycles. The molecule has 3 aliphatic rings. The van der Waals surface area contributed by atoms with Crippen molar-refractivity contribution in [3.8, 4) is 11.3 Å². The molecule has 9 nitrogen and oxygen atoms in total. The maximum atomic E-state index is 15.0. The van der Waals surface area contributed by atoms with Crippen molar-refractivity contribution in [1.29, 1.82) is 0 Å². The number of carbonyl (C=O) groups is 2. The Morgan fingerprint density at radius 1 is 0.930 bits per heavy atom. The Bertz CT molecular complexity index is 1690. The van der Waals surface area contributed by atoms with Gasteiger partial charge in [0.05, 0.1) is 29.2 Å². The van der Waals surface area contributed by atoms with Gasteiger partial charge in [0.1, 0.15) is 11.6 Å². The maximum absolute atomic E-state index is 15.0. The van der Waals surface area contributed by atoms with Crippen LogP contribution in [0.2, 0.25) is 0 Å². The first-order chi connectivity index (χ1) is 21.0. The lowest BCUT2D eigenvalue weighted by Crippen LogP contribution is -2.40. The molecule has 0 spiro atoms. The lowest BCUT2D eigenvalue weighted by atomic mass is 9.95. The molecule has 43 heavy (non-hydrogen) atoms. The molecule has 2 aromatic heterocycles. The normalized spacial score (nSPS) is 18.9. The number of Topliss-reactive ketones (excluding diaryl/α,β-unsaturated/α-hetero) is 1. The van der Waals surface area contributed by atoms with Crippen LogP contribution in [0.1, 0.15) is 58.8 Å². The van der Waals surface area contributed by atoms with Crippen molar-refractivity contribution >= 4 is 23.2 Å². The van der Waals surface area contributed by atoms with E-state index in [-0.39, 0.29) is 18.0 Å². The van der Waals surface area contributed by atoms with Gasteiger partial charge in [0.2, 0.25) is 0 Å². The monoisotopic (exact) mass is 578 g/mol. The molecule has 7 rings (SSSR count). The number of aliphatic imine (C=N–C) groups is 1. The first-order valence-corrected chi connectivity index (χ1v) is 14.7. The molecule has 1 atom stereocenters. The molecule has 218 valence electrons. The number of nitrogens with one attached hydrogen (secondary N) is 2. The summed E-state index contributed by atoms with van der Waals surface area (Å²) >= 11 is 0. The lowest BCUT2D eigenvalue weighted by Gasteiger charge is -2.24. The van der Waals surface area contributed by atoms with E-state index in [1.165, 1.54) is 12.3 Å².